The molecule has 0 aliphatic carbocycles. The first-order valence-corrected chi connectivity index (χ1v) is 5.59. The zero-order chi connectivity index (χ0) is 13.4. The van der Waals surface area contributed by atoms with E-state index in [1.54, 1.807) is 6.92 Å². The molecule has 0 spiro atoms. The number of nitrogens with zero attached hydrogens (tertiary/aromatic N) is 3. The van der Waals surface area contributed by atoms with Gasteiger partial charge in [-0.25, -0.2) is 9.48 Å². The lowest BCUT2D eigenvalue weighted by Crippen LogP contribution is -2.46. The average Bonchev–Trinajstić information content (AvgIpc) is 2.67. The summed E-state index contributed by atoms with van der Waals surface area (Å²) in [6.45, 7) is 1.62. The van der Waals surface area contributed by atoms with E-state index in [1.165, 1.54) is 0 Å². The van der Waals surface area contributed by atoms with E-state index in [0.29, 0.717) is 4.68 Å². The second-order valence-electron chi connectivity index (χ2n) is 4.20. The van der Waals surface area contributed by atoms with Crippen LogP contribution in [-0.2, 0) is 17.8 Å². The monoisotopic (exact) mass is 255 g/mol. The van der Waals surface area contributed by atoms with Crippen molar-refractivity contribution < 1.29 is 15.0 Å². The van der Waals surface area contributed by atoms with Crippen LogP contribution in [0.1, 0.15) is 25.2 Å². The molecule has 1 aromatic heterocycles. The molecule has 0 saturated carbocycles. The Balaban J connectivity index is 2.62. The van der Waals surface area contributed by atoms with E-state index in [9.17, 15) is 19.5 Å². The van der Waals surface area contributed by atoms with E-state index in [1.807, 2.05) is 0 Å². The van der Waals surface area contributed by atoms with Crippen LogP contribution in [0.15, 0.2) is 9.59 Å². The van der Waals surface area contributed by atoms with Gasteiger partial charge in [-0.05, 0) is 6.42 Å². The fourth-order valence-electron chi connectivity index (χ4n) is 2.04. The van der Waals surface area contributed by atoms with Crippen LogP contribution < -0.4 is 11.1 Å². The van der Waals surface area contributed by atoms with Crippen LogP contribution in [0, 0.1) is 0 Å². The molecular weight excluding hydrogens is 242 g/mol. The minimum Gasteiger partial charge on any atom is -0.480 e. The summed E-state index contributed by atoms with van der Waals surface area (Å²) < 4.78 is 1.80. The van der Waals surface area contributed by atoms with Gasteiger partial charge in [0.15, 0.2) is 6.04 Å². The first-order chi connectivity index (χ1) is 8.45. The van der Waals surface area contributed by atoms with Crippen molar-refractivity contribution >= 4 is 5.97 Å². The van der Waals surface area contributed by atoms with Crippen LogP contribution in [0.5, 0.6) is 0 Å². The summed E-state index contributed by atoms with van der Waals surface area (Å²) >= 11 is 0. The topological polar surface area (TPSA) is 114 Å². The van der Waals surface area contributed by atoms with Crippen molar-refractivity contribution in [2.24, 2.45) is 0 Å². The van der Waals surface area contributed by atoms with Crippen molar-refractivity contribution in [1.29, 1.82) is 0 Å². The summed E-state index contributed by atoms with van der Waals surface area (Å²) in [7, 11) is 0. The van der Waals surface area contributed by atoms with Gasteiger partial charge in [0.05, 0.1) is 12.6 Å². The number of hydrogen-bond donors (Lipinski definition) is 2. The molecule has 18 heavy (non-hydrogen) atoms. The molecule has 0 radical (unpaired) electrons. The first-order valence-electron chi connectivity index (χ1n) is 5.59. The van der Waals surface area contributed by atoms with Crippen LogP contribution in [-0.4, -0.2) is 36.6 Å². The Labute approximate surface area is 101 Å². The molecule has 1 aromatic rings. The molecule has 0 bridgehead atoms. The molecule has 2 rings (SSSR count). The quantitative estimate of drug-likeness (QED) is 0.626. The van der Waals surface area contributed by atoms with Crippen LogP contribution in [0.4, 0.5) is 0 Å². The molecule has 0 saturated heterocycles. The van der Waals surface area contributed by atoms with Gasteiger partial charge in [-0.3, -0.25) is 14.2 Å². The van der Waals surface area contributed by atoms with Crippen molar-refractivity contribution in [1.82, 2.24) is 14.3 Å². The summed E-state index contributed by atoms with van der Waals surface area (Å²) in [5.74, 6) is -0.971. The molecule has 0 amide bonds. The maximum absolute atomic E-state index is 11.8. The van der Waals surface area contributed by atoms with Crippen molar-refractivity contribution in [2.75, 3.05) is 0 Å². The van der Waals surface area contributed by atoms with E-state index < -0.39 is 29.2 Å². The second-order valence-corrected chi connectivity index (χ2v) is 4.20. The van der Waals surface area contributed by atoms with E-state index >= 15 is 0 Å². The fraction of sp³-hybridized carbons (Fsp3) is 0.600. The van der Waals surface area contributed by atoms with Gasteiger partial charge in [0.1, 0.15) is 5.82 Å². The van der Waals surface area contributed by atoms with Crippen molar-refractivity contribution in [2.45, 2.75) is 38.5 Å². The van der Waals surface area contributed by atoms with Gasteiger partial charge in [-0.15, -0.1) is 0 Å². The number of rotatable bonds is 3. The lowest BCUT2D eigenvalue weighted by molar-refractivity contribution is -0.141. The Morgan fingerprint density at radius 3 is 2.72 bits per heavy atom. The molecule has 1 aliphatic rings. The molecular formula is C10H13N3O5. The molecule has 2 N–H and O–H groups in total. The molecule has 98 valence electrons. The lowest BCUT2D eigenvalue weighted by atomic mass is 10.2. The number of hydrogen-bond acceptors (Lipinski definition) is 5. The van der Waals surface area contributed by atoms with E-state index in [2.05, 4.69) is 5.10 Å². The highest BCUT2D eigenvalue weighted by Crippen LogP contribution is 2.11. The predicted octanol–water partition coefficient (Wildman–Crippen LogP) is -1.64. The van der Waals surface area contributed by atoms with Gasteiger partial charge in [-0.2, -0.15) is 5.10 Å². The number of carboxylic acids is 1. The number of aliphatic carboxylic acids is 1. The minimum atomic E-state index is -1.21. The van der Waals surface area contributed by atoms with Crippen LogP contribution in [0.3, 0.4) is 0 Å². The largest absolute Gasteiger partial charge is 0.480 e. The normalized spacial score (nSPS) is 19.6. The highest BCUT2D eigenvalue weighted by molar-refractivity contribution is 5.71. The third kappa shape index (κ3) is 1.84. The molecule has 2 atom stereocenters. The Hall–Kier alpha value is -1.96. The van der Waals surface area contributed by atoms with Gasteiger partial charge in [0.2, 0.25) is 0 Å². The number of carboxylic acid groups (broad SMARTS) is 1. The molecule has 0 aromatic carbocycles. The lowest BCUT2D eigenvalue weighted by Gasteiger charge is -2.13. The van der Waals surface area contributed by atoms with E-state index in [-0.39, 0.29) is 25.2 Å². The molecule has 0 fully saturated rings. The van der Waals surface area contributed by atoms with Crippen molar-refractivity contribution in [3.8, 4) is 0 Å². The number of fused-ring (bicyclic) bond motifs is 1. The Kier molecular flexibility index (Phi) is 3.04. The van der Waals surface area contributed by atoms with Gasteiger partial charge in [-0.1, -0.05) is 6.92 Å². The minimum absolute atomic E-state index is 0.0289. The highest BCUT2D eigenvalue weighted by Gasteiger charge is 2.28. The summed E-state index contributed by atoms with van der Waals surface area (Å²) in [6, 6.07) is -1.16. The SMILES string of the molecule is CCC(C(=O)O)n1nc2n(c(=O)c1=O)C[C@@H](O)C2. The third-order valence-corrected chi connectivity index (χ3v) is 2.95. The second kappa shape index (κ2) is 4.37. The zero-order valence-electron chi connectivity index (χ0n) is 9.74. The summed E-state index contributed by atoms with van der Waals surface area (Å²) in [5, 5.41) is 22.3. The molecule has 2 heterocycles. The fourth-order valence-corrected chi connectivity index (χ4v) is 2.04. The van der Waals surface area contributed by atoms with Gasteiger partial charge in [0.25, 0.3) is 0 Å². The highest BCUT2D eigenvalue weighted by atomic mass is 16.4. The maximum atomic E-state index is 11.8. The maximum Gasteiger partial charge on any atom is 0.333 e. The zero-order valence-corrected chi connectivity index (χ0v) is 9.74. The Morgan fingerprint density at radius 2 is 2.17 bits per heavy atom. The smallest absolute Gasteiger partial charge is 0.333 e. The summed E-state index contributed by atoms with van der Waals surface area (Å²) in [6.07, 6.45) is -0.468. The number of carbonyl (C=O) groups is 1. The predicted molar refractivity (Wildman–Crippen MR) is 59.4 cm³/mol. The number of aliphatic hydroxyl groups excluding tert-OH is 1. The van der Waals surface area contributed by atoms with Gasteiger partial charge in [0, 0.05) is 6.42 Å². The summed E-state index contributed by atoms with van der Waals surface area (Å²) in [4.78, 5) is 34.5. The average molecular weight is 255 g/mol. The van der Waals surface area contributed by atoms with E-state index in [4.69, 9.17) is 5.11 Å². The van der Waals surface area contributed by atoms with Crippen LogP contribution in [0.25, 0.3) is 0 Å². The Bertz CT molecular complexity index is 603. The van der Waals surface area contributed by atoms with Gasteiger partial charge < -0.3 is 10.2 Å². The van der Waals surface area contributed by atoms with Crippen LogP contribution >= 0.6 is 0 Å². The van der Waals surface area contributed by atoms with Crippen LogP contribution in [0.2, 0.25) is 0 Å². The standard InChI is InChI=1S/C10H13N3O5/c1-2-6(10(17)18)13-9(16)8(15)12-4-5(14)3-7(12)11-13/h5-6,14H,2-4H2,1H3,(H,17,18)/t5-,6?/m0/s1. The van der Waals surface area contributed by atoms with Crippen molar-refractivity contribution in [3.05, 3.63) is 26.5 Å². The molecule has 8 nitrogen and oxygen atoms in total. The van der Waals surface area contributed by atoms with Gasteiger partial charge >= 0.3 is 17.1 Å². The molecule has 8 heteroatoms. The number of aromatic nitrogens is 3. The summed E-state index contributed by atoms with van der Waals surface area (Å²) in [5.41, 5.74) is -1.81. The third-order valence-electron chi connectivity index (χ3n) is 2.95. The Morgan fingerprint density at radius 1 is 1.50 bits per heavy atom. The number of aliphatic hydroxyl groups is 1. The first kappa shape index (κ1) is 12.5. The van der Waals surface area contributed by atoms with E-state index in [0.717, 1.165) is 4.57 Å². The molecule has 1 aliphatic heterocycles. The molecule has 1 unspecified atom stereocenters. The van der Waals surface area contributed by atoms with Crippen molar-refractivity contribution in [3.63, 3.8) is 0 Å².